The molecule has 0 atom stereocenters. The lowest BCUT2D eigenvalue weighted by atomic mass is 10.1. The van der Waals surface area contributed by atoms with E-state index in [4.69, 9.17) is 5.73 Å². The van der Waals surface area contributed by atoms with E-state index in [-0.39, 0.29) is 28.6 Å². The molecule has 0 saturated carbocycles. The van der Waals surface area contributed by atoms with Crippen LogP contribution in [0.2, 0.25) is 0 Å². The SMILES string of the molecule is CNc1c(C(=O)NCc2c(C)cc(N)nc2C)c(NC)n(S(=O)(=O)c2ccccc2)c1NC. The van der Waals surface area contributed by atoms with Gasteiger partial charge in [0, 0.05) is 33.4 Å². The van der Waals surface area contributed by atoms with Crippen molar-refractivity contribution in [3.05, 3.63) is 58.8 Å². The predicted octanol–water partition coefficient (Wildman–Crippen LogP) is 2.37. The van der Waals surface area contributed by atoms with Crippen LogP contribution in [0.5, 0.6) is 0 Å². The van der Waals surface area contributed by atoms with Crippen molar-refractivity contribution in [2.24, 2.45) is 0 Å². The molecule has 0 radical (unpaired) electrons. The second-order valence-electron chi connectivity index (χ2n) is 7.39. The molecule has 0 saturated heterocycles. The number of aryl methyl sites for hydroxylation is 2. The van der Waals surface area contributed by atoms with E-state index in [0.717, 1.165) is 20.8 Å². The Morgan fingerprint density at radius 2 is 1.67 bits per heavy atom. The average molecular weight is 472 g/mol. The monoisotopic (exact) mass is 471 g/mol. The molecule has 33 heavy (non-hydrogen) atoms. The topological polar surface area (TPSA) is 143 Å². The second kappa shape index (κ2) is 9.41. The zero-order chi connectivity index (χ0) is 24.3. The maximum absolute atomic E-state index is 13.5. The Morgan fingerprint density at radius 3 is 2.21 bits per heavy atom. The van der Waals surface area contributed by atoms with Crippen LogP contribution in [0.3, 0.4) is 0 Å². The minimum absolute atomic E-state index is 0.0989. The fraction of sp³-hybridized carbons (Fsp3) is 0.273. The summed E-state index contributed by atoms with van der Waals surface area (Å²) in [5.74, 6) is 0.334. The molecule has 0 spiro atoms. The summed E-state index contributed by atoms with van der Waals surface area (Å²) < 4.78 is 28.1. The molecule has 6 N–H and O–H groups in total. The molecule has 0 unspecified atom stereocenters. The lowest BCUT2D eigenvalue weighted by Gasteiger charge is -2.14. The van der Waals surface area contributed by atoms with E-state index in [1.54, 1.807) is 45.4 Å². The Kier molecular flexibility index (Phi) is 6.82. The van der Waals surface area contributed by atoms with Crippen molar-refractivity contribution in [1.29, 1.82) is 0 Å². The Labute approximate surface area is 193 Å². The highest BCUT2D eigenvalue weighted by atomic mass is 32.2. The summed E-state index contributed by atoms with van der Waals surface area (Å²) in [6.07, 6.45) is 0. The second-order valence-corrected chi connectivity index (χ2v) is 9.18. The van der Waals surface area contributed by atoms with Gasteiger partial charge in [-0.15, -0.1) is 0 Å². The standard InChI is InChI=1S/C22H29N7O3S/c1-13-11-17(23)28-14(2)16(13)12-27-22(30)18-19(24-3)21(26-5)29(20(18)25-4)33(31,32)15-9-7-6-8-10-15/h6-11,24-26H,12H2,1-5H3,(H2,23,28)(H,27,30). The highest BCUT2D eigenvalue weighted by Gasteiger charge is 2.32. The van der Waals surface area contributed by atoms with E-state index < -0.39 is 15.9 Å². The number of benzene rings is 1. The van der Waals surface area contributed by atoms with E-state index in [9.17, 15) is 13.2 Å². The van der Waals surface area contributed by atoms with Crippen LogP contribution in [-0.2, 0) is 16.6 Å². The molecule has 0 aliphatic rings. The Hall–Kier alpha value is -3.73. The maximum Gasteiger partial charge on any atom is 0.271 e. The molecule has 1 amide bonds. The first-order chi connectivity index (χ1) is 15.7. The number of nitrogens with zero attached hydrogens (tertiary/aromatic N) is 2. The quantitative estimate of drug-likeness (QED) is 0.337. The van der Waals surface area contributed by atoms with Crippen LogP contribution in [0, 0.1) is 13.8 Å². The Bertz CT molecular complexity index is 1260. The van der Waals surface area contributed by atoms with Gasteiger partial charge in [-0.2, -0.15) is 0 Å². The molecule has 3 rings (SSSR count). The van der Waals surface area contributed by atoms with Crippen LogP contribution in [0.1, 0.15) is 27.2 Å². The molecular formula is C22H29N7O3S. The molecule has 3 aromatic rings. The Morgan fingerprint density at radius 1 is 1.03 bits per heavy atom. The minimum atomic E-state index is -4.01. The Balaban J connectivity index is 2.10. The van der Waals surface area contributed by atoms with Crippen LogP contribution < -0.4 is 27.0 Å². The minimum Gasteiger partial charge on any atom is -0.384 e. The number of carbonyl (C=O) groups is 1. The van der Waals surface area contributed by atoms with Crippen LogP contribution in [0.4, 0.5) is 23.1 Å². The third-order valence-corrected chi connectivity index (χ3v) is 7.08. The van der Waals surface area contributed by atoms with E-state index in [1.807, 2.05) is 13.8 Å². The molecule has 0 aliphatic heterocycles. The molecular weight excluding hydrogens is 442 g/mol. The highest BCUT2D eigenvalue weighted by molar-refractivity contribution is 7.90. The first kappa shape index (κ1) is 23.9. The van der Waals surface area contributed by atoms with Gasteiger partial charge < -0.3 is 27.0 Å². The summed E-state index contributed by atoms with van der Waals surface area (Å²) in [5, 5.41) is 11.7. The lowest BCUT2D eigenvalue weighted by Crippen LogP contribution is -2.26. The first-order valence-corrected chi connectivity index (χ1v) is 11.7. The normalized spacial score (nSPS) is 11.2. The van der Waals surface area contributed by atoms with Crippen molar-refractivity contribution in [3.8, 4) is 0 Å². The average Bonchev–Trinajstić information content (AvgIpc) is 3.13. The van der Waals surface area contributed by atoms with Gasteiger partial charge in [0.25, 0.3) is 15.9 Å². The fourth-order valence-corrected chi connectivity index (χ4v) is 5.38. The molecule has 11 heteroatoms. The number of aromatic nitrogens is 2. The van der Waals surface area contributed by atoms with Crippen molar-refractivity contribution >= 4 is 39.1 Å². The number of hydrogen-bond donors (Lipinski definition) is 5. The molecule has 0 fully saturated rings. The third-order valence-electron chi connectivity index (χ3n) is 5.36. The zero-order valence-electron chi connectivity index (χ0n) is 19.3. The van der Waals surface area contributed by atoms with Crippen molar-refractivity contribution in [2.45, 2.75) is 25.3 Å². The first-order valence-electron chi connectivity index (χ1n) is 10.3. The highest BCUT2D eigenvalue weighted by Crippen LogP contribution is 2.39. The molecule has 2 heterocycles. The van der Waals surface area contributed by atoms with E-state index in [2.05, 4.69) is 26.3 Å². The van der Waals surface area contributed by atoms with Gasteiger partial charge >= 0.3 is 0 Å². The molecule has 0 bridgehead atoms. The van der Waals surface area contributed by atoms with Crippen LogP contribution in [0.25, 0.3) is 0 Å². The number of pyridine rings is 1. The smallest absolute Gasteiger partial charge is 0.271 e. The van der Waals surface area contributed by atoms with Crippen molar-refractivity contribution in [2.75, 3.05) is 42.8 Å². The maximum atomic E-state index is 13.5. The van der Waals surface area contributed by atoms with Crippen molar-refractivity contribution in [3.63, 3.8) is 0 Å². The largest absolute Gasteiger partial charge is 0.384 e. The van der Waals surface area contributed by atoms with Crippen LogP contribution >= 0.6 is 0 Å². The van der Waals surface area contributed by atoms with Gasteiger partial charge in [0.15, 0.2) is 0 Å². The summed E-state index contributed by atoms with van der Waals surface area (Å²) in [6, 6.07) is 9.78. The zero-order valence-corrected chi connectivity index (χ0v) is 20.1. The summed E-state index contributed by atoms with van der Waals surface area (Å²) in [7, 11) is 0.790. The van der Waals surface area contributed by atoms with Gasteiger partial charge in [0.1, 0.15) is 23.0 Å². The van der Waals surface area contributed by atoms with Crippen molar-refractivity contribution in [1.82, 2.24) is 14.3 Å². The van der Waals surface area contributed by atoms with Gasteiger partial charge in [0.05, 0.1) is 10.6 Å². The van der Waals surface area contributed by atoms with E-state index >= 15 is 0 Å². The van der Waals surface area contributed by atoms with Gasteiger partial charge in [0.2, 0.25) is 0 Å². The predicted molar refractivity (Wildman–Crippen MR) is 131 cm³/mol. The van der Waals surface area contributed by atoms with Gasteiger partial charge in [-0.1, -0.05) is 18.2 Å². The number of nitrogen functional groups attached to an aromatic ring is 1. The molecule has 10 nitrogen and oxygen atoms in total. The summed E-state index contributed by atoms with van der Waals surface area (Å²) in [6.45, 7) is 3.93. The molecule has 2 aromatic heterocycles. The summed E-state index contributed by atoms with van der Waals surface area (Å²) >= 11 is 0. The number of amides is 1. The molecule has 176 valence electrons. The van der Waals surface area contributed by atoms with Crippen molar-refractivity contribution < 1.29 is 13.2 Å². The van der Waals surface area contributed by atoms with Gasteiger partial charge in [-0.05, 0) is 43.2 Å². The van der Waals surface area contributed by atoms with Gasteiger partial charge in [-0.25, -0.2) is 17.4 Å². The van der Waals surface area contributed by atoms with E-state index in [1.165, 1.54) is 12.1 Å². The molecule has 0 aliphatic carbocycles. The number of hydrogen-bond acceptors (Lipinski definition) is 8. The number of nitrogens with one attached hydrogen (secondary N) is 4. The number of rotatable bonds is 8. The molecule has 1 aromatic carbocycles. The third kappa shape index (κ3) is 4.31. The van der Waals surface area contributed by atoms with Crippen LogP contribution in [-0.4, -0.2) is 44.4 Å². The summed E-state index contributed by atoms with van der Waals surface area (Å²) in [4.78, 5) is 17.7. The lowest BCUT2D eigenvalue weighted by molar-refractivity contribution is 0.0952. The number of nitrogens with two attached hydrogens (primary N) is 1. The van der Waals surface area contributed by atoms with Crippen LogP contribution in [0.15, 0.2) is 41.3 Å². The summed E-state index contributed by atoms with van der Waals surface area (Å²) in [5.41, 5.74) is 8.78. The number of anilines is 4. The fourth-order valence-electron chi connectivity index (χ4n) is 3.82. The van der Waals surface area contributed by atoms with Gasteiger partial charge in [-0.3, -0.25) is 4.79 Å². The van der Waals surface area contributed by atoms with E-state index in [0.29, 0.717) is 11.5 Å². The number of carbonyl (C=O) groups excluding carboxylic acids is 1.